The van der Waals surface area contributed by atoms with Crippen LogP contribution < -0.4 is 13.6 Å². The van der Waals surface area contributed by atoms with E-state index in [0.717, 1.165) is 30.2 Å². The molecular weight excluding hydrogens is 541 g/mol. The van der Waals surface area contributed by atoms with Crippen LogP contribution in [0.2, 0.25) is 0 Å². The summed E-state index contributed by atoms with van der Waals surface area (Å²) in [6.45, 7) is 8.85. The fourth-order valence-corrected chi connectivity index (χ4v) is 8.13. The summed E-state index contributed by atoms with van der Waals surface area (Å²) in [5.74, 6) is -0.736. The predicted octanol–water partition coefficient (Wildman–Crippen LogP) is 5.04. The van der Waals surface area contributed by atoms with Crippen molar-refractivity contribution in [2.75, 3.05) is 13.2 Å². The van der Waals surface area contributed by atoms with E-state index in [0.29, 0.717) is 12.2 Å². The Balaban J connectivity index is 1.70. The molecule has 0 saturated carbocycles. The molecular formula is C25H33F2IN2O3. The molecule has 2 aromatic rings. The van der Waals surface area contributed by atoms with Gasteiger partial charge in [-0.15, -0.1) is 0 Å². The van der Waals surface area contributed by atoms with Gasteiger partial charge in [-0.05, 0) is 0 Å². The Morgan fingerprint density at radius 1 is 1.18 bits per heavy atom. The van der Waals surface area contributed by atoms with E-state index >= 15 is 0 Å². The first-order chi connectivity index (χ1) is 15.5. The summed E-state index contributed by atoms with van der Waals surface area (Å²) in [5.41, 5.74) is 2.91. The number of amides is 1. The Labute approximate surface area is 202 Å². The zero-order valence-corrected chi connectivity index (χ0v) is 21.7. The summed E-state index contributed by atoms with van der Waals surface area (Å²) in [6.07, 6.45) is 1.71. The number of hydrogen-bond donors (Lipinski definition) is 3. The third kappa shape index (κ3) is 7.89. The molecule has 1 heterocycles. The van der Waals surface area contributed by atoms with Crippen molar-refractivity contribution in [3.8, 4) is 5.75 Å². The van der Waals surface area contributed by atoms with Gasteiger partial charge in [0.15, 0.2) is 0 Å². The molecule has 0 radical (unpaired) electrons. The van der Waals surface area contributed by atoms with Crippen molar-refractivity contribution in [2.45, 2.75) is 55.1 Å². The Kier molecular flexibility index (Phi) is 8.69. The second-order valence-corrected chi connectivity index (χ2v) is 14.6. The Morgan fingerprint density at radius 2 is 1.88 bits per heavy atom. The zero-order chi connectivity index (χ0) is 24.2. The molecule has 1 aliphatic rings. The van der Waals surface area contributed by atoms with Crippen LogP contribution >= 0.6 is 20.1 Å². The van der Waals surface area contributed by atoms with Gasteiger partial charge in [0.25, 0.3) is 0 Å². The van der Waals surface area contributed by atoms with Gasteiger partial charge >= 0.3 is 202 Å². The van der Waals surface area contributed by atoms with E-state index in [4.69, 9.17) is 4.74 Å². The number of rotatable bonds is 8. The van der Waals surface area contributed by atoms with Crippen LogP contribution in [-0.2, 0) is 15.6 Å². The molecule has 0 saturated heterocycles. The Hall–Kier alpha value is -1.78. The van der Waals surface area contributed by atoms with Crippen LogP contribution in [-0.4, -0.2) is 28.3 Å². The van der Waals surface area contributed by atoms with Crippen LogP contribution in [0.1, 0.15) is 56.8 Å². The van der Waals surface area contributed by atoms with Gasteiger partial charge in [0.1, 0.15) is 0 Å². The molecule has 1 amide bonds. The van der Waals surface area contributed by atoms with Crippen LogP contribution in [0.3, 0.4) is 0 Å². The summed E-state index contributed by atoms with van der Waals surface area (Å²) >= 11 is -2.53. The number of carbonyl (C=O) groups is 1. The fraction of sp³-hybridized carbons (Fsp3) is 0.480. The maximum atomic E-state index is 13.6. The molecule has 0 fully saturated rings. The van der Waals surface area contributed by atoms with E-state index in [1.807, 2.05) is 6.07 Å². The number of benzene rings is 2. The zero-order valence-electron chi connectivity index (χ0n) is 19.6. The molecule has 0 aliphatic carbocycles. The monoisotopic (exact) mass is 574 g/mol. The molecule has 0 aromatic heterocycles. The molecule has 2 atom stereocenters. The van der Waals surface area contributed by atoms with Crippen LogP contribution in [0, 0.1) is 17.0 Å². The molecule has 1 unspecified atom stereocenters. The summed E-state index contributed by atoms with van der Waals surface area (Å²) < 4.78 is 35.4. The number of aliphatic hydroxyl groups excluding tert-OH is 1. The first-order valence-corrected chi connectivity index (χ1v) is 14.9. The minimum atomic E-state index is -2.53. The maximum absolute atomic E-state index is 13.6. The van der Waals surface area contributed by atoms with Gasteiger partial charge in [0, 0.05) is 0 Å². The predicted molar refractivity (Wildman–Crippen MR) is 134 cm³/mol. The first kappa shape index (κ1) is 25.8. The average Bonchev–Trinajstić information content (AvgIpc) is 2.69. The normalized spacial score (nSPS) is 17.1. The molecule has 182 valence electrons. The van der Waals surface area contributed by atoms with Crippen molar-refractivity contribution in [3.05, 3.63) is 64.7 Å². The number of ether oxygens (including phenoxy) is 1. The van der Waals surface area contributed by atoms with Gasteiger partial charge in [-0.2, -0.15) is 0 Å². The third-order valence-corrected chi connectivity index (χ3v) is 10.5. The van der Waals surface area contributed by atoms with Crippen molar-refractivity contribution in [1.82, 2.24) is 8.85 Å². The molecule has 8 heteroatoms. The summed E-state index contributed by atoms with van der Waals surface area (Å²) in [7, 11) is 0. The number of hydrogen-bond acceptors (Lipinski definition) is 4. The molecule has 0 bridgehead atoms. The van der Waals surface area contributed by atoms with E-state index in [1.54, 1.807) is 0 Å². The second-order valence-electron chi connectivity index (χ2n) is 9.60. The Morgan fingerprint density at radius 3 is 2.52 bits per heavy atom. The number of fused-ring (bicyclic) bond motifs is 1. The van der Waals surface area contributed by atoms with Gasteiger partial charge in [-0.1, -0.05) is 0 Å². The standard InChI is InChI=1S/C25H33F2IN2O3/c1-16(31)30-28(14-18-9-19(26)12-20(27)10-18)24(32)15-29-22-7-8-33-23-6-5-17(11-21(22)23)13-25(2,3)4/h5-6,9-12,22,24,29,32H,7-8,13-15H2,1-4H3,(H,30,31)/t22-,24?/m0/s1. The number of aliphatic hydroxyl groups is 1. The minimum absolute atomic E-state index is 0.0185. The van der Waals surface area contributed by atoms with E-state index in [1.165, 1.54) is 24.6 Å². The topological polar surface area (TPSA) is 70.6 Å². The van der Waals surface area contributed by atoms with E-state index in [2.05, 4.69) is 41.8 Å². The molecule has 5 nitrogen and oxygen atoms in total. The SMILES string of the molecule is CC(=O)NI(Cc1cc(F)cc(F)c1)C(O)CN[C@H]1CCOc2ccc(CC(C)(C)C)cc21. The van der Waals surface area contributed by atoms with Crippen molar-refractivity contribution < 1.29 is 23.4 Å². The summed E-state index contributed by atoms with van der Waals surface area (Å²) in [6, 6.07) is 9.61. The van der Waals surface area contributed by atoms with Crippen molar-refractivity contribution >= 4 is 26.0 Å². The van der Waals surface area contributed by atoms with Crippen LogP contribution in [0.5, 0.6) is 5.75 Å². The van der Waals surface area contributed by atoms with Gasteiger partial charge in [0.05, 0.1) is 0 Å². The van der Waals surface area contributed by atoms with E-state index in [9.17, 15) is 18.7 Å². The molecule has 0 spiro atoms. The average molecular weight is 574 g/mol. The van der Waals surface area contributed by atoms with Crippen LogP contribution in [0.25, 0.3) is 0 Å². The van der Waals surface area contributed by atoms with Crippen molar-refractivity contribution in [1.29, 1.82) is 0 Å². The Bertz CT molecular complexity index is 960. The molecule has 3 rings (SSSR count). The van der Waals surface area contributed by atoms with E-state index < -0.39 is 35.8 Å². The molecule has 33 heavy (non-hydrogen) atoms. The van der Waals surface area contributed by atoms with Crippen molar-refractivity contribution in [3.63, 3.8) is 0 Å². The number of alkyl halides is 2. The molecule has 1 aliphatic heterocycles. The quantitative estimate of drug-likeness (QED) is 0.235. The van der Waals surface area contributed by atoms with Gasteiger partial charge in [-0.25, -0.2) is 0 Å². The molecule has 2 aromatic carbocycles. The number of halogens is 3. The number of nitrogens with one attached hydrogen (secondary N) is 2. The second kappa shape index (κ2) is 11.1. The molecule has 3 N–H and O–H groups in total. The van der Waals surface area contributed by atoms with Gasteiger partial charge in [-0.3, -0.25) is 0 Å². The number of carbonyl (C=O) groups excluding carboxylic acids is 1. The third-order valence-electron chi connectivity index (χ3n) is 5.16. The van der Waals surface area contributed by atoms with Gasteiger partial charge in [0.2, 0.25) is 0 Å². The van der Waals surface area contributed by atoms with Crippen LogP contribution in [0.4, 0.5) is 8.78 Å². The summed E-state index contributed by atoms with van der Waals surface area (Å²) in [5, 5.41) is 14.4. The van der Waals surface area contributed by atoms with Gasteiger partial charge < -0.3 is 0 Å². The van der Waals surface area contributed by atoms with E-state index in [-0.39, 0.29) is 28.3 Å². The fourth-order valence-electron chi connectivity index (χ4n) is 3.92. The summed E-state index contributed by atoms with van der Waals surface area (Å²) in [4.78, 5) is 11.7. The van der Waals surface area contributed by atoms with Crippen molar-refractivity contribution in [2.24, 2.45) is 5.41 Å². The van der Waals surface area contributed by atoms with Crippen LogP contribution in [0.15, 0.2) is 36.4 Å². The first-order valence-electron chi connectivity index (χ1n) is 11.0.